The second-order valence-corrected chi connectivity index (χ2v) is 14.0. The summed E-state index contributed by atoms with van der Waals surface area (Å²) in [5, 5.41) is 33.9. The molecule has 0 aromatic carbocycles. The quantitative estimate of drug-likeness (QED) is 0.311. The van der Waals surface area contributed by atoms with Crippen molar-refractivity contribution < 1.29 is 24.9 Å². The van der Waals surface area contributed by atoms with Gasteiger partial charge in [-0.1, -0.05) is 66.7 Å². The van der Waals surface area contributed by atoms with Gasteiger partial charge in [0.05, 0.1) is 12.2 Å². The van der Waals surface area contributed by atoms with Crippen LogP contribution in [0.2, 0.25) is 0 Å². The highest BCUT2D eigenvalue weighted by Crippen LogP contribution is 2.67. The molecule has 9 atom stereocenters. The molecule has 0 aromatic rings. The number of hydrogen-bond acceptors (Lipinski definition) is 5. The number of carbonyl (C=O) groups excluding carboxylic acids is 1. The Morgan fingerprint density at radius 3 is 2.41 bits per heavy atom. The van der Waals surface area contributed by atoms with Crippen LogP contribution >= 0.6 is 0 Å². The molecule has 1 saturated carbocycles. The monoisotopic (exact) mass is 514 g/mol. The van der Waals surface area contributed by atoms with Crippen LogP contribution in [0.4, 0.5) is 0 Å². The minimum Gasteiger partial charge on any atom is -0.458 e. The molecule has 208 valence electrons. The van der Waals surface area contributed by atoms with E-state index >= 15 is 0 Å². The fraction of sp³-hybridized carbons (Fsp3) is 0.781. The van der Waals surface area contributed by atoms with E-state index in [0.29, 0.717) is 18.3 Å². The van der Waals surface area contributed by atoms with Crippen molar-refractivity contribution in [2.75, 3.05) is 0 Å². The smallest absolute Gasteiger partial charge is 0.303 e. The molecule has 37 heavy (non-hydrogen) atoms. The number of esters is 1. The lowest BCUT2D eigenvalue weighted by Gasteiger charge is -2.62. The van der Waals surface area contributed by atoms with Crippen LogP contribution < -0.4 is 0 Å². The molecule has 1 fully saturated rings. The average Bonchev–Trinajstić information content (AvgIpc) is 3.15. The Morgan fingerprint density at radius 1 is 1.16 bits per heavy atom. The normalized spacial score (nSPS) is 41.5. The van der Waals surface area contributed by atoms with Crippen molar-refractivity contribution >= 4 is 5.97 Å². The van der Waals surface area contributed by atoms with E-state index in [4.69, 9.17) is 4.74 Å². The molecule has 0 aliphatic heterocycles. The van der Waals surface area contributed by atoms with Gasteiger partial charge in [0.15, 0.2) is 0 Å². The van der Waals surface area contributed by atoms with Gasteiger partial charge in [-0.2, -0.15) is 0 Å². The van der Waals surface area contributed by atoms with Crippen molar-refractivity contribution in [1.82, 2.24) is 0 Å². The van der Waals surface area contributed by atoms with Crippen molar-refractivity contribution in [3.63, 3.8) is 0 Å². The van der Waals surface area contributed by atoms with Gasteiger partial charge in [-0.25, -0.2) is 0 Å². The van der Waals surface area contributed by atoms with Crippen LogP contribution in [0, 0.1) is 39.9 Å². The van der Waals surface area contributed by atoms with E-state index in [2.05, 4.69) is 47.3 Å². The number of carbonyl (C=O) groups is 1. The van der Waals surface area contributed by atoms with E-state index in [1.807, 2.05) is 13.8 Å². The number of aliphatic hydroxyl groups excluding tert-OH is 3. The highest BCUT2D eigenvalue weighted by Gasteiger charge is 2.64. The Balaban J connectivity index is 1.78. The maximum atomic E-state index is 12.4. The summed E-state index contributed by atoms with van der Waals surface area (Å²) < 4.78 is 6.04. The first-order chi connectivity index (χ1) is 17.1. The van der Waals surface area contributed by atoms with Crippen LogP contribution in [-0.2, 0) is 9.53 Å². The summed E-state index contributed by atoms with van der Waals surface area (Å²) in [4.78, 5) is 12.4. The molecule has 0 unspecified atom stereocenters. The second-order valence-electron chi connectivity index (χ2n) is 14.0. The van der Waals surface area contributed by atoms with E-state index in [1.165, 1.54) is 23.6 Å². The van der Waals surface area contributed by atoms with Crippen LogP contribution in [0.3, 0.4) is 0 Å². The van der Waals surface area contributed by atoms with Gasteiger partial charge in [0.2, 0.25) is 0 Å². The van der Waals surface area contributed by atoms with E-state index in [9.17, 15) is 20.1 Å². The van der Waals surface area contributed by atoms with Gasteiger partial charge in [0.1, 0.15) is 12.2 Å². The van der Waals surface area contributed by atoms with Gasteiger partial charge in [-0.05, 0) is 89.7 Å². The Kier molecular flexibility index (Phi) is 7.45. The van der Waals surface area contributed by atoms with Crippen molar-refractivity contribution in [2.24, 2.45) is 39.9 Å². The second kappa shape index (κ2) is 9.64. The highest BCUT2D eigenvalue weighted by atomic mass is 16.6. The Labute approximate surface area is 224 Å². The zero-order chi connectivity index (χ0) is 27.7. The largest absolute Gasteiger partial charge is 0.458 e. The molecule has 4 aliphatic carbocycles. The first kappa shape index (κ1) is 28.6. The van der Waals surface area contributed by atoms with Gasteiger partial charge in [-0.3, -0.25) is 4.79 Å². The maximum absolute atomic E-state index is 12.4. The SMILES string of the molecule is C=C(CC[C@@H](C)[C@H]1CC=C2C3=C([C@H](O)[C@@H](OC(C)=O)[C@@]21C)[C@@]1(C)C[C@@H](O)[C@H](O)C(C)(C)[C@@H]1CC3)C(C)C. The molecule has 0 radical (unpaired) electrons. The summed E-state index contributed by atoms with van der Waals surface area (Å²) in [6.45, 7) is 20.8. The van der Waals surface area contributed by atoms with Gasteiger partial charge in [0, 0.05) is 12.3 Å². The highest BCUT2D eigenvalue weighted by molar-refractivity contribution is 5.67. The molecule has 0 amide bonds. The van der Waals surface area contributed by atoms with Crippen LogP contribution in [0.25, 0.3) is 0 Å². The van der Waals surface area contributed by atoms with Crippen LogP contribution in [0.1, 0.15) is 93.9 Å². The van der Waals surface area contributed by atoms with Crippen molar-refractivity contribution in [1.29, 1.82) is 0 Å². The van der Waals surface area contributed by atoms with E-state index < -0.39 is 40.7 Å². The lowest BCUT2D eigenvalue weighted by atomic mass is 9.45. The van der Waals surface area contributed by atoms with Crippen LogP contribution in [-0.4, -0.2) is 45.7 Å². The average molecular weight is 515 g/mol. The van der Waals surface area contributed by atoms with Crippen molar-refractivity contribution in [3.8, 4) is 0 Å². The predicted octanol–water partition coefficient (Wildman–Crippen LogP) is 5.74. The summed E-state index contributed by atoms with van der Waals surface area (Å²) in [7, 11) is 0. The maximum Gasteiger partial charge on any atom is 0.303 e. The summed E-state index contributed by atoms with van der Waals surface area (Å²) >= 11 is 0. The molecule has 0 heterocycles. The molecule has 0 spiro atoms. The predicted molar refractivity (Wildman–Crippen MR) is 147 cm³/mol. The van der Waals surface area contributed by atoms with Crippen LogP contribution in [0.15, 0.2) is 34.9 Å². The number of hydrogen-bond donors (Lipinski definition) is 3. The van der Waals surface area contributed by atoms with Crippen LogP contribution in [0.5, 0.6) is 0 Å². The molecule has 5 nitrogen and oxygen atoms in total. The number of fused-ring (bicyclic) bond motifs is 4. The lowest BCUT2D eigenvalue weighted by molar-refractivity contribution is -0.176. The number of allylic oxidation sites excluding steroid dienone is 3. The van der Waals surface area contributed by atoms with Gasteiger partial charge >= 0.3 is 5.97 Å². The summed E-state index contributed by atoms with van der Waals surface area (Å²) in [6.07, 6.45) is 4.08. The lowest BCUT2D eigenvalue weighted by Crippen LogP contribution is -2.62. The molecule has 0 aromatic heterocycles. The Bertz CT molecular complexity index is 1000. The topological polar surface area (TPSA) is 87.0 Å². The molecule has 0 bridgehead atoms. The third kappa shape index (κ3) is 4.28. The third-order valence-electron chi connectivity index (χ3n) is 11.2. The zero-order valence-electron chi connectivity index (χ0n) is 24.3. The Hall–Kier alpha value is -1.43. The molecule has 4 rings (SSSR count). The minimum absolute atomic E-state index is 0.105. The van der Waals surface area contributed by atoms with Gasteiger partial charge in [-0.15, -0.1) is 0 Å². The third-order valence-corrected chi connectivity index (χ3v) is 11.2. The summed E-state index contributed by atoms with van der Waals surface area (Å²) in [6, 6.07) is 0. The van der Waals surface area contributed by atoms with Gasteiger partial charge in [0.25, 0.3) is 0 Å². The van der Waals surface area contributed by atoms with Crippen molar-refractivity contribution in [3.05, 3.63) is 34.9 Å². The van der Waals surface area contributed by atoms with E-state index in [0.717, 1.165) is 37.7 Å². The Morgan fingerprint density at radius 2 is 1.81 bits per heavy atom. The minimum atomic E-state index is -0.939. The first-order valence-corrected chi connectivity index (χ1v) is 14.4. The number of ether oxygens (including phenoxy) is 1. The summed E-state index contributed by atoms with van der Waals surface area (Å²) in [5.41, 5.74) is 3.17. The zero-order valence-corrected chi connectivity index (χ0v) is 24.3. The molecule has 5 heteroatoms. The first-order valence-electron chi connectivity index (χ1n) is 14.4. The fourth-order valence-electron chi connectivity index (χ4n) is 9.06. The van der Waals surface area contributed by atoms with E-state index in [-0.39, 0.29) is 17.8 Å². The van der Waals surface area contributed by atoms with Gasteiger partial charge < -0.3 is 20.1 Å². The molecular formula is C32H50O5. The molecule has 4 aliphatic rings. The molecular weight excluding hydrogens is 464 g/mol. The standard InChI is InChI=1S/C32H50O5/c1-17(2)18(3)10-11-19(4)22-13-14-23-21-12-15-25-30(6,7)28(36)24(34)16-31(25,8)26(21)27(35)29(32(22,23)9)37-20(5)33/h14,17,19,22,24-25,27-29,34-36H,3,10-13,15-16H2,1-2,4-9H3/t19-,22-,24-,25+,27+,28+,29-,31+,32-/m1/s1. The summed E-state index contributed by atoms with van der Waals surface area (Å²) in [5.74, 6) is 0.808. The molecule has 0 saturated heterocycles. The number of rotatable bonds is 6. The van der Waals surface area contributed by atoms with E-state index in [1.54, 1.807) is 0 Å². The van der Waals surface area contributed by atoms with Crippen molar-refractivity contribution in [2.45, 2.75) is 118 Å². The number of aliphatic hydroxyl groups is 3. The molecule has 3 N–H and O–H groups in total. The fourth-order valence-corrected chi connectivity index (χ4v) is 9.06.